The zero-order valence-corrected chi connectivity index (χ0v) is 18.2. The van der Waals surface area contributed by atoms with E-state index in [-0.39, 0.29) is 17.0 Å². The molecule has 0 aromatic carbocycles. The molecular formula is C19H31F3N2O6S. The van der Waals surface area contributed by atoms with Gasteiger partial charge in [0, 0.05) is 45.8 Å². The van der Waals surface area contributed by atoms with Gasteiger partial charge in [-0.3, -0.25) is 0 Å². The molecule has 4 fully saturated rings. The molecule has 4 aliphatic rings. The molecule has 180 valence electrons. The summed E-state index contributed by atoms with van der Waals surface area (Å²) >= 11 is 0. The number of likely N-dealkylation sites (tertiary alicyclic amines) is 1. The Labute approximate surface area is 180 Å². The molecule has 0 aromatic heterocycles. The molecule has 1 unspecified atom stereocenters. The van der Waals surface area contributed by atoms with E-state index < -0.39 is 22.2 Å². The number of ether oxygens (including phenoxy) is 2. The topological polar surface area (TPSA) is 105 Å². The Hall–Kier alpha value is -0.950. The number of hydrogen-bond donors (Lipinski definition) is 2. The van der Waals surface area contributed by atoms with Crippen LogP contribution >= 0.6 is 0 Å². The van der Waals surface area contributed by atoms with Gasteiger partial charge in [0.05, 0.1) is 17.0 Å². The van der Waals surface area contributed by atoms with Crippen molar-refractivity contribution in [1.29, 1.82) is 0 Å². The molecule has 3 saturated heterocycles. The number of carboxylic acids is 1. The number of aliphatic carboxylic acids is 1. The highest BCUT2D eigenvalue weighted by Gasteiger charge is 2.48. The molecule has 3 aliphatic heterocycles. The summed E-state index contributed by atoms with van der Waals surface area (Å²) in [5.74, 6) is -1.97. The molecule has 31 heavy (non-hydrogen) atoms. The van der Waals surface area contributed by atoms with Crippen LogP contribution in [0.15, 0.2) is 0 Å². The molecule has 1 saturated carbocycles. The fraction of sp³-hybridized carbons (Fsp3) is 0.947. The van der Waals surface area contributed by atoms with Crippen LogP contribution in [0.25, 0.3) is 0 Å². The van der Waals surface area contributed by atoms with Crippen LogP contribution in [0.4, 0.5) is 13.2 Å². The zero-order valence-electron chi connectivity index (χ0n) is 17.4. The fourth-order valence-corrected chi connectivity index (χ4v) is 5.75. The standard InChI is InChI=1S/C17H30N2O4S.C2HF3O2/c20-24(21,16-1-2-16)18-12-15-11-17(23-15)5-7-19(8-6-17)13-14-3-9-22-10-4-14;3-2(4,5)1(6)7/h14-16,18H,1-13H2;(H,6,7). The molecule has 0 radical (unpaired) electrons. The van der Waals surface area contributed by atoms with Gasteiger partial charge in [-0.05, 0) is 44.4 Å². The summed E-state index contributed by atoms with van der Waals surface area (Å²) in [4.78, 5) is 11.5. The highest BCUT2D eigenvalue weighted by atomic mass is 32.2. The van der Waals surface area contributed by atoms with E-state index in [1.165, 1.54) is 19.4 Å². The molecule has 1 atom stereocenters. The van der Waals surface area contributed by atoms with Crippen molar-refractivity contribution in [2.45, 2.75) is 68.1 Å². The van der Waals surface area contributed by atoms with Crippen LogP contribution in [0.2, 0.25) is 0 Å². The van der Waals surface area contributed by atoms with Crippen molar-refractivity contribution in [1.82, 2.24) is 9.62 Å². The van der Waals surface area contributed by atoms with Crippen LogP contribution in [0, 0.1) is 5.92 Å². The van der Waals surface area contributed by atoms with Gasteiger partial charge in [-0.2, -0.15) is 13.2 Å². The van der Waals surface area contributed by atoms with Crippen molar-refractivity contribution >= 4 is 16.0 Å². The summed E-state index contributed by atoms with van der Waals surface area (Å²) in [6.07, 6.45) is 2.18. The Bertz CT molecular complexity index is 707. The maximum Gasteiger partial charge on any atom is 0.490 e. The number of nitrogens with zero attached hydrogens (tertiary/aromatic N) is 1. The Morgan fingerprint density at radius 3 is 2.16 bits per heavy atom. The summed E-state index contributed by atoms with van der Waals surface area (Å²) in [5, 5.41) is 6.99. The smallest absolute Gasteiger partial charge is 0.475 e. The van der Waals surface area contributed by atoms with Gasteiger partial charge in [-0.15, -0.1) is 0 Å². The molecular weight excluding hydrogens is 441 g/mol. The number of rotatable bonds is 6. The second-order valence-corrected chi connectivity index (χ2v) is 10.9. The highest BCUT2D eigenvalue weighted by molar-refractivity contribution is 7.90. The molecule has 0 aromatic rings. The number of carboxylic acid groups (broad SMARTS) is 1. The Kier molecular flexibility index (Phi) is 7.88. The van der Waals surface area contributed by atoms with E-state index >= 15 is 0 Å². The average molecular weight is 473 g/mol. The van der Waals surface area contributed by atoms with E-state index in [4.69, 9.17) is 19.4 Å². The van der Waals surface area contributed by atoms with Gasteiger partial charge < -0.3 is 19.5 Å². The van der Waals surface area contributed by atoms with Gasteiger partial charge in [0.1, 0.15) is 0 Å². The van der Waals surface area contributed by atoms with E-state index in [0.29, 0.717) is 6.54 Å². The minimum Gasteiger partial charge on any atom is -0.475 e. The van der Waals surface area contributed by atoms with Crippen molar-refractivity contribution in [2.24, 2.45) is 5.92 Å². The number of sulfonamides is 1. The van der Waals surface area contributed by atoms with Crippen LogP contribution < -0.4 is 4.72 Å². The number of piperidine rings is 1. The molecule has 1 aliphatic carbocycles. The van der Waals surface area contributed by atoms with Gasteiger partial charge >= 0.3 is 12.1 Å². The van der Waals surface area contributed by atoms with Crippen LogP contribution in [0.5, 0.6) is 0 Å². The average Bonchev–Trinajstić information content (AvgIpc) is 3.52. The maximum atomic E-state index is 11.9. The predicted molar refractivity (Wildman–Crippen MR) is 105 cm³/mol. The third kappa shape index (κ3) is 7.28. The third-order valence-corrected chi connectivity index (χ3v) is 8.28. The van der Waals surface area contributed by atoms with Crippen molar-refractivity contribution in [3.8, 4) is 0 Å². The molecule has 1 spiro atoms. The normalized spacial score (nSPS) is 27.3. The first-order chi connectivity index (χ1) is 14.5. The van der Waals surface area contributed by atoms with Crippen molar-refractivity contribution in [2.75, 3.05) is 39.4 Å². The third-order valence-electron chi connectivity index (χ3n) is 6.36. The SMILES string of the molecule is O=C(O)C(F)(F)F.O=S(=O)(NCC1CC2(CCN(CC3CCOCC3)CC2)O1)C1CC1. The van der Waals surface area contributed by atoms with E-state index in [1.807, 2.05) is 0 Å². The van der Waals surface area contributed by atoms with Gasteiger partial charge in [0.2, 0.25) is 10.0 Å². The number of nitrogens with one attached hydrogen (secondary N) is 1. The Balaban J connectivity index is 0.000000339. The van der Waals surface area contributed by atoms with E-state index in [2.05, 4.69) is 9.62 Å². The maximum absolute atomic E-state index is 11.9. The minimum absolute atomic E-state index is 0.0296. The lowest BCUT2D eigenvalue weighted by Crippen LogP contribution is -2.59. The lowest BCUT2D eigenvalue weighted by Gasteiger charge is -2.52. The van der Waals surface area contributed by atoms with Gasteiger partial charge in [0.15, 0.2) is 0 Å². The molecule has 0 bridgehead atoms. The molecule has 0 amide bonds. The van der Waals surface area contributed by atoms with Crippen molar-refractivity contribution < 1.29 is 41.0 Å². The zero-order chi connectivity index (χ0) is 22.7. The number of carbonyl (C=O) groups is 1. The van der Waals surface area contributed by atoms with E-state index in [9.17, 15) is 21.6 Å². The van der Waals surface area contributed by atoms with Crippen LogP contribution in [0.3, 0.4) is 0 Å². The molecule has 8 nitrogen and oxygen atoms in total. The second kappa shape index (κ2) is 9.90. The van der Waals surface area contributed by atoms with Crippen molar-refractivity contribution in [3.63, 3.8) is 0 Å². The van der Waals surface area contributed by atoms with Crippen LogP contribution in [-0.4, -0.2) is 86.9 Å². The Morgan fingerprint density at radius 1 is 1.13 bits per heavy atom. The molecule has 2 N–H and O–H groups in total. The molecule has 12 heteroatoms. The van der Waals surface area contributed by atoms with Gasteiger partial charge in [0.25, 0.3) is 0 Å². The second-order valence-electron chi connectivity index (χ2n) is 8.88. The van der Waals surface area contributed by atoms with Crippen LogP contribution in [-0.2, 0) is 24.3 Å². The number of halogens is 3. The van der Waals surface area contributed by atoms with Crippen molar-refractivity contribution in [3.05, 3.63) is 0 Å². The van der Waals surface area contributed by atoms with E-state index in [0.717, 1.165) is 64.3 Å². The monoisotopic (exact) mass is 472 g/mol. The number of alkyl halides is 3. The molecule has 4 rings (SSSR count). The van der Waals surface area contributed by atoms with Gasteiger partial charge in [-0.25, -0.2) is 17.9 Å². The lowest BCUT2D eigenvalue weighted by molar-refractivity contribution is -0.222. The summed E-state index contributed by atoms with van der Waals surface area (Å²) in [5.41, 5.74) is 0.0296. The molecule has 3 heterocycles. The summed E-state index contributed by atoms with van der Waals surface area (Å²) in [6.45, 7) is 5.71. The number of hydrogen-bond acceptors (Lipinski definition) is 6. The van der Waals surface area contributed by atoms with E-state index in [1.54, 1.807) is 0 Å². The quantitative estimate of drug-likeness (QED) is 0.607. The van der Waals surface area contributed by atoms with Crippen LogP contribution in [0.1, 0.15) is 44.9 Å². The van der Waals surface area contributed by atoms with Gasteiger partial charge in [-0.1, -0.05) is 0 Å². The largest absolute Gasteiger partial charge is 0.490 e. The lowest BCUT2D eigenvalue weighted by atomic mass is 9.80. The summed E-state index contributed by atoms with van der Waals surface area (Å²) < 4.78 is 69.7. The Morgan fingerprint density at radius 2 is 1.68 bits per heavy atom. The first-order valence-electron chi connectivity index (χ1n) is 10.8. The fourth-order valence-electron chi connectivity index (χ4n) is 4.34. The first-order valence-corrected chi connectivity index (χ1v) is 12.3. The summed E-state index contributed by atoms with van der Waals surface area (Å²) in [7, 11) is -3.07. The minimum atomic E-state index is -5.08. The predicted octanol–water partition coefficient (Wildman–Crippen LogP) is 1.75. The highest BCUT2D eigenvalue weighted by Crippen LogP contribution is 2.41. The first kappa shape index (κ1) is 24.7. The summed E-state index contributed by atoms with van der Waals surface area (Å²) in [6, 6.07) is 0.